The van der Waals surface area contributed by atoms with Gasteiger partial charge in [0.05, 0.1) is 11.7 Å². The molecular weight excluding hydrogens is 394 g/mol. The van der Waals surface area contributed by atoms with Gasteiger partial charge in [-0.3, -0.25) is 4.79 Å². The van der Waals surface area contributed by atoms with Gasteiger partial charge < -0.3 is 31.2 Å². The highest BCUT2D eigenvalue weighted by atomic mass is 16.2. The minimum atomic E-state index is -0.178. The summed E-state index contributed by atoms with van der Waals surface area (Å²) in [5.74, 6) is -0.178. The number of piperazine rings is 1. The number of aromatic amines is 1. The summed E-state index contributed by atoms with van der Waals surface area (Å²) in [6, 6.07) is 8.33. The van der Waals surface area contributed by atoms with Gasteiger partial charge in [-0.15, -0.1) is 0 Å². The first kappa shape index (κ1) is 19.6. The van der Waals surface area contributed by atoms with Crippen LogP contribution in [0, 0.1) is 0 Å². The van der Waals surface area contributed by atoms with E-state index in [1.165, 1.54) is 5.69 Å². The molecule has 5 rings (SSSR count). The molecule has 0 aliphatic carbocycles. The number of rotatable bonds is 6. The zero-order valence-electron chi connectivity index (χ0n) is 17.3. The maximum atomic E-state index is 12.6. The Labute approximate surface area is 180 Å². The minimum Gasteiger partial charge on any atom is -0.369 e. The maximum Gasteiger partial charge on any atom is 0.315 e. The van der Waals surface area contributed by atoms with E-state index < -0.39 is 0 Å². The molecule has 2 aliphatic heterocycles. The fourth-order valence-corrected chi connectivity index (χ4v) is 4.35. The normalized spacial score (nSPS) is 18.9. The quantitative estimate of drug-likeness (QED) is 0.385. The average Bonchev–Trinajstić information content (AvgIpc) is 3.39. The van der Waals surface area contributed by atoms with E-state index in [1.54, 1.807) is 6.20 Å². The highest BCUT2D eigenvalue weighted by Gasteiger charge is 2.19. The van der Waals surface area contributed by atoms with Crippen LogP contribution in [0.3, 0.4) is 0 Å². The lowest BCUT2D eigenvalue weighted by Gasteiger charge is -2.29. The molecule has 0 saturated carbocycles. The van der Waals surface area contributed by atoms with Crippen molar-refractivity contribution in [3.63, 3.8) is 0 Å². The first-order valence-corrected chi connectivity index (χ1v) is 10.9. The number of carbonyl (C=O) groups is 2. The molecule has 9 nitrogen and oxygen atoms in total. The second kappa shape index (κ2) is 8.43. The number of urea groups is 1. The Balaban J connectivity index is 1.29. The van der Waals surface area contributed by atoms with Gasteiger partial charge in [-0.25, -0.2) is 9.78 Å². The lowest BCUT2D eigenvalue weighted by atomic mass is 10.1. The summed E-state index contributed by atoms with van der Waals surface area (Å²) in [6.45, 7) is 5.15. The van der Waals surface area contributed by atoms with Crippen LogP contribution in [0.5, 0.6) is 0 Å². The van der Waals surface area contributed by atoms with Gasteiger partial charge in [-0.1, -0.05) is 0 Å². The van der Waals surface area contributed by atoms with E-state index in [4.69, 9.17) is 0 Å². The minimum absolute atomic E-state index is 0.120. The van der Waals surface area contributed by atoms with Crippen molar-refractivity contribution >= 4 is 39.4 Å². The molecule has 0 bridgehead atoms. The van der Waals surface area contributed by atoms with Crippen molar-refractivity contribution in [1.82, 2.24) is 31.2 Å². The third-order valence-corrected chi connectivity index (χ3v) is 6.04. The van der Waals surface area contributed by atoms with Crippen molar-refractivity contribution in [3.05, 3.63) is 36.2 Å². The molecular formula is C22H27N7O2. The summed E-state index contributed by atoms with van der Waals surface area (Å²) in [5, 5.41) is 14.0. The second-order valence-corrected chi connectivity index (χ2v) is 8.16. The lowest BCUT2D eigenvalue weighted by molar-refractivity contribution is 0.0948. The molecule has 3 aromatic rings. The molecule has 162 valence electrons. The Morgan fingerprint density at radius 2 is 2.00 bits per heavy atom. The number of anilines is 1. The first-order chi connectivity index (χ1) is 15.2. The summed E-state index contributed by atoms with van der Waals surface area (Å²) in [4.78, 5) is 33.9. The van der Waals surface area contributed by atoms with Crippen LogP contribution in [0.2, 0.25) is 0 Å². The summed E-state index contributed by atoms with van der Waals surface area (Å²) in [7, 11) is 0. The van der Waals surface area contributed by atoms with Crippen molar-refractivity contribution in [3.8, 4) is 0 Å². The Morgan fingerprint density at radius 3 is 2.81 bits per heavy atom. The number of amides is 3. The van der Waals surface area contributed by atoms with Gasteiger partial charge in [0.2, 0.25) is 0 Å². The molecule has 1 unspecified atom stereocenters. The van der Waals surface area contributed by atoms with Gasteiger partial charge in [-0.2, -0.15) is 0 Å². The van der Waals surface area contributed by atoms with Crippen LogP contribution in [0.1, 0.15) is 23.3 Å². The smallest absolute Gasteiger partial charge is 0.315 e. The van der Waals surface area contributed by atoms with Crippen LogP contribution in [0.25, 0.3) is 21.8 Å². The van der Waals surface area contributed by atoms with Gasteiger partial charge in [0.25, 0.3) is 5.91 Å². The van der Waals surface area contributed by atoms with E-state index >= 15 is 0 Å². The predicted molar refractivity (Wildman–Crippen MR) is 121 cm³/mol. The number of aromatic nitrogens is 2. The number of nitrogens with zero attached hydrogens (tertiary/aromatic N) is 2. The van der Waals surface area contributed by atoms with Crippen LogP contribution in [0.4, 0.5) is 10.5 Å². The Hall–Kier alpha value is -3.33. The van der Waals surface area contributed by atoms with Gasteiger partial charge in [-0.05, 0) is 37.1 Å². The van der Waals surface area contributed by atoms with E-state index in [9.17, 15) is 9.59 Å². The highest BCUT2D eigenvalue weighted by molar-refractivity contribution is 6.10. The molecule has 1 atom stereocenters. The van der Waals surface area contributed by atoms with Crippen molar-refractivity contribution in [2.45, 2.75) is 18.9 Å². The zero-order chi connectivity index (χ0) is 21.2. The molecule has 0 radical (unpaired) electrons. The van der Waals surface area contributed by atoms with Crippen LogP contribution in [-0.4, -0.2) is 67.2 Å². The molecule has 31 heavy (non-hydrogen) atoms. The number of benzene rings is 1. The van der Waals surface area contributed by atoms with Crippen LogP contribution in [-0.2, 0) is 0 Å². The molecule has 1 aromatic carbocycles. The second-order valence-electron chi connectivity index (χ2n) is 8.16. The zero-order valence-corrected chi connectivity index (χ0v) is 17.3. The summed E-state index contributed by atoms with van der Waals surface area (Å²) >= 11 is 0. The monoisotopic (exact) mass is 421 g/mol. The molecule has 2 saturated heterocycles. The Morgan fingerprint density at radius 1 is 1.16 bits per heavy atom. The average molecular weight is 422 g/mol. The SMILES string of the molecule is O=C1NCC(CCCNC(=O)c2cc3c(cn2)[nH]c2ccc(N4CCNCC4)cc23)N1. The number of H-pyrrole nitrogens is 1. The molecule has 9 heteroatoms. The van der Waals surface area contributed by atoms with Crippen molar-refractivity contribution in [2.75, 3.05) is 44.2 Å². The van der Waals surface area contributed by atoms with Gasteiger partial charge in [0, 0.05) is 67.3 Å². The third kappa shape index (κ3) is 4.13. The van der Waals surface area contributed by atoms with Crippen LogP contribution >= 0.6 is 0 Å². The molecule has 5 N–H and O–H groups in total. The van der Waals surface area contributed by atoms with Gasteiger partial charge in [0.1, 0.15) is 5.69 Å². The van der Waals surface area contributed by atoms with Gasteiger partial charge in [0.15, 0.2) is 0 Å². The molecule has 2 aliphatic rings. The van der Waals surface area contributed by atoms with Gasteiger partial charge >= 0.3 is 6.03 Å². The Bertz CT molecular complexity index is 1120. The standard InChI is InChI=1S/C22H27N7O2/c30-21(24-5-1-2-14-12-26-22(31)27-14)19-11-17-16-10-15(29-8-6-23-7-9-29)3-4-18(16)28-20(17)13-25-19/h3-4,10-11,13-14,23,28H,1-2,5-9,12H2,(H,24,30)(H2,26,27,31). The maximum absolute atomic E-state index is 12.6. The highest BCUT2D eigenvalue weighted by Crippen LogP contribution is 2.29. The van der Waals surface area contributed by atoms with Crippen LogP contribution in [0.15, 0.2) is 30.5 Å². The van der Waals surface area contributed by atoms with E-state index in [1.807, 2.05) is 6.07 Å². The van der Waals surface area contributed by atoms with E-state index in [-0.39, 0.29) is 18.0 Å². The van der Waals surface area contributed by atoms with Crippen molar-refractivity contribution < 1.29 is 9.59 Å². The number of pyridine rings is 1. The largest absolute Gasteiger partial charge is 0.369 e. The molecule has 4 heterocycles. The molecule has 2 fully saturated rings. The molecule has 0 spiro atoms. The summed E-state index contributed by atoms with van der Waals surface area (Å²) < 4.78 is 0. The predicted octanol–water partition coefficient (Wildman–Crippen LogP) is 1.32. The number of hydrogen-bond donors (Lipinski definition) is 5. The first-order valence-electron chi connectivity index (χ1n) is 10.9. The fourth-order valence-electron chi connectivity index (χ4n) is 4.35. The third-order valence-electron chi connectivity index (χ3n) is 6.04. The van der Waals surface area contributed by atoms with E-state index in [2.05, 4.69) is 54.3 Å². The van der Waals surface area contributed by atoms with E-state index in [0.717, 1.165) is 60.8 Å². The summed E-state index contributed by atoms with van der Waals surface area (Å²) in [6.07, 6.45) is 3.35. The number of nitrogens with one attached hydrogen (secondary N) is 5. The Kier molecular flexibility index (Phi) is 5.33. The van der Waals surface area contributed by atoms with Crippen molar-refractivity contribution in [1.29, 1.82) is 0 Å². The van der Waals surface area contributed by atoms with Crippen molar-refractivity contribution in [2.24, 2.45) is 0 Å². The molecule has 2 aromatic heterocycles. The number of carbonyl (C=O) groups excluding carboxylic acids is 2. The van der Waals surface area contributed by atoms with E-state index in [0.29, 0.717) is 18.8 Å². The van der Waals surface area contributed by atoms with Crippen LogP contribution < -0.4 is 26.2 Å². The topological polar surface area (TPSA) is 114 Å². The lowest BCUT2D eigenvalue weighted by Crippen LogP contribution is -2.43. The fraction of sp³-hybridized carbons (Fsp3) is 0.409. The number of hydrogen-bond acceptors (Lipinski definition) is 5. The summed E-state index contributed by atoms with van der Waals surface area (Å²) in [5.41, 5.74) is 3.58. The number of fused-ring (bicyclic) bond motifs is 3. The molecule has 3 amide bonds.